The summed E-state index contributed by atoms with van der Waals surface area (Å²) in [6.45, 7) is 1.23. The highest BCUT2D eigenvalue weighted by atomic mass is 35.5. The lowest BCUT2D eigenvalue weighted by Crippen LogP contribution is -2.53. The summed E-state index contributed by atoms with van der Waals surface area (Å²) in [5.41, 5.74) is 1.75. The number of imide groups is 1. The van der Waals surface area contributed by atoms with Gasteiger partial charge in [0, 0.05) is 5.56 Å². The first-order chi connectivity index (χ1) is 12.8. The molecule has 2 rings (SSSR count). The maximum atomic E-state index is 14.1. The number of rotatable bonds is 6. The lowest BCUT2D eigenvalue weighted by Gasteiger charge is -2.24. The summed E-state index contributed by atoms with van der Waals surface area (Å²) in [4.78, 5) is 36.8. The van der Waals surface area contributed by atoms with E-state index >= 15 is 0 Å². The van der Waals surface area contributed by atoms with E-state index < -0.39 is 35.2 Å². The summed E-state index contributed by atoms with van der Waals surface area (Å²) >= 11 is 5.90. The number of ether oxygens (including phenoxy) is 1. The number of carbonyl (C=O) groups excluding carboxylic acids is 2. The Kier molecular flexibility index (Phi) is 6.49. The zero-order chi connectivity index (χ0) is 20.1. The van der Waals surface area contributed by atoms with Gasteiger partial charge in [-0.05, 0) is 37.3 Å². The van der Waals surface area contributed by atoms with E-state index in [4.69, 9.17) is 21.4 Å². The van der Waals surface area contributed by atoms with Crippen molar-refractivity contribution in [2.75, 3.05) is 7.11 Å². The summed E-state index contributed by atoms with van der Waals surface area (Å²) in [6, 6.07) is 8.15. The van der Waals surface area contributed by atoms with Crippen LogP contribution in [0.25, 0.3) is 0 Å². The Morgan fingerprint density at radius 1 is 1.19 bits per heavy atom. The van der Waals surface area contributed by atoms with E-state index in [0.717, 1.165) is 6.07 Å². The maximum absolute atomic E-state index is 14.1. The van der Waals surface area contributed by atoms with Crippen LogP contribution in [-0.2, 0) is 4.79 Å². The van der Waals surface area contributed by atoms with Crippen molar-refractivity contribution in [2.24, 2.45) is 0 Å². The molecule has 2 aromatic rings. The van der Waals surface area contributed by atoms with E-state index in [2.05, 4.69) is 5.43 Å². The van der Waals surface area contributed by atoms with Crippen molar-refractivity contribution in [2.45, 2.75) is 13.0 Å². The van der Waals surface area contributed by atoms with Gasteiger partial charge in [-0.3, -0.25) is 14.4 Å². The molecule has 7 nitrogen and oxygen atoms in total. The Morgan fingerprint density at radius 2 is 1.85 bits per heavy atom. The summed E-state index contributed by atoms with van der Waals surface area (Å²) in [7, 11) is 1.40. The fourth-order valence-electron chi connectivity index (χ4n) is 2.16. The van der Waals surface area contributed by atoms with Crippen molar-refractivity contribution in [1.82, 2.24) is 10.4 Å². The van der Waals surface area contributed by atoms with E-state index in [9.17, 15) is 18.8 Å². The molecule has 0 aliphatic rings. The lowest BCUT2D eigenvalue weighted by molar-refractivity contribution is -0.139. The molecule has 1 atom stereocenters. The van der Waals surface area contributed by atoms with Crippen LogP contribution in [0, 0.1) is 5.82 Å². The second kappa shape index (κ2) is 8.61. The van der Waals surface area contributed by atoms with Crippen molar-refractivity contribution in [3.8, 4) is 5.75 Å². The summed E-state index contributed by atoms with van der Waals surface area (Å²) < 4.78 is 19.2. The van der Waals surface area contributed by atoms with Gasteiger partial charge in [-0.25, -0.2) is 14.8 Å². The third kappa shape index (κ3) is 4.60. The van der Waals surface area contributed by atoms with Crippen LogP contribution in [0.15, 0.2) is 42.5 Å². The van der Waals surface area contributed by atoms with Gasteiger partial charge in [-0.1, -0.05) is 23.7 Å². The fourth-order valence-corrected chi connectivity index (χ4v) is 2.40. The first kappa shape index (κ1) is 20.3. The van der Waals surface area contributed by atoms with Crippen LogP contribution in [0.3, 0.4) is 0 Å². The largest absolute Gasteiger partial charge is 0.497 e. The summed E-state index contributed by atoms with van der Waals surface area (Å²) in [6.07, 6.45) is 0. The number of nitrogens with one attached hydrogen (secondary N) is 1. The van der Waals surface area contributed by atoms with Crippen LogP contribution < -0.4 is 10.2 Å². The molecule has 9 heteroatoms. The van der Waals surface area contributed by atoms with Crippen molar-refractivity contribution in [1.29, 1.82) is 0 Å². The highest BCUT2D eigenvalue weighted by Crippen LogP contribution is 2.22. The predicted molar refractivity (Wildman–Crippen MR) is 95.1 cm³/mol. The van der Waals surface area contributed by atoms with Gasteiger partial charge in [0.05, 0.1) is 17.7 Å². The quantitative estimate of drug-likeness (QED) is 0.577. The number of halogens is 2. The van der Waals surface area contributed by atoms with Gasteiger partial charge in [0.2, 0.25) is 0 Å². The Labute approximate surface area is 159 Å². The number of benzene rings is 2. The zero-order valence-electron chi connectivity index (χ0n) is 14.4. The van der Waals surface area contributed by atoms with Crippen LogP contribution in [0.1, 0.15) is 27.6 Å². The highest BCUT2D eigenvalue weighted by molar-refractivity contribution is 6.34. The number of methoxy groups -OCH3 is 1. The molecule has 0 saturated heterocycles. The Morgan fingerprint density at radius 3 is 2.44 bits per heavy atom. The van der Waals surface area contributed by atoms with Crippen LogP contribution in [0.5, 0.6) is 5.75 Å². The average Bonchev–Trinajstić information content (AvgIpc) is 2.65. The first-order valence-corrected chi connectivity index (χ1v) is 8.10. The van der Waals surface area contributed by atoms with Gasteiger partial charge in [-0.15, -0.1) is 0 Å². The molecule has 0 spiro atoms. The molecule has 2 N–H and O–H groups in total. The normalized spacial score (nSPS) is 11.6. The number of aliphatic carboxylic acids is 1. The monoisotopic (exact) mass is 394 g/mol. The Hall–Kier alpha value is -2.97. The van der Waals surface area contributed by atoms with Crippen molar-refractivity contribution in [3.05, 3.63) is 64.4 Å². The third-order valence-corrected chi connectivity index (χ3v) is 3.91. The molecule has 0 radical (unpaired) electrons. The van der Waals surface area contributed by atoms with Crippen LogP contribution in [0.2, 0.25) is 5.02 Å². The molecule has 0 heterocycles. The third-order valence-electron chi connectivity index (χ3n) is 3.59. The first-order valence-electron chi connectivity index (χ1n) is 7.72. The second-order valence-electron chi connectivity index (χ2n) is 5.46. The minimum absolute atomic E-state index is 0.0280. The summed E-state index contributed by atoms with van der Waals surface area (Å²) in [5, 5.41) is 9.31. The standard InChI is InChI=1S/C18H16ClFN2O5/c1-10(18(25)26)21-22(16(23)11-5-3-6-12(9-11)27-2)17(24)15-13(19)7-4-8-14(15)20/h3-10,21H,1-2H3,(H,25,26)/t10-/m0/s1. The minimum atomic E-state index is -1.31. The van der Waals surface area contributed by atoms with Crippen LogP contribution >= 0.6 is 11.6 Å². The van der Waals surface area contributed by atoms with Crippen molar-refractivity contribution < 1.29 is 28.6 Å². The predicted octanol–water partition coefficient (Wildman–Crippen LogP) is 2.75. The fraction of sp³-hybridized carbons (Fsp3) is 0.167. The number of carboxylic acid groups (broad SMARTS) is 1. The molecule has 0 aromatic heterocycles. The van der Waals surface area contributed by atoms with Crippen LogP contribution in [0.4, 0.5) is 4.39 Å². The molecule has 0 saturated carbocycles. The van der Waals surface area contributed by atoms with Gasteiger partial charge >= 0.3 is 5.97 Å². The highest BCUT2D eigenvalue weighted by Gasteiger charge is 2.31. The molecule has 142 valence electrons. The SMILES string of the molecule is COc1cccc(C(=O)N(N[C@@H](C)C(=O)O)C(=O)c2c(F)cccc2Cl)c1. The number of carboxylic acids is 1. The Bertz CT molecular complexity index is 870. The number of amides is 2. The summed E-state index contributed by atoms with van der Waals surface area (Å²) in [5.74, 6) is -3.93. The number of hydrogen-bond donors (Lipinski definition) is 2. The number of hydrazine groups is 1. The number of nitrogens with zero attached hydrogens (tertiary/aromatic N) is 1. The molecule has 0 unspecified atom stereocenters. The average molecular weight is 395 g/mol. The molecule has 0 aliphatic carbocycles. The molecule has 2 aromatic carbocycles. The van der Waals surface area contributed by atoms with Gasteiger partial charge < -0.3 is 9.84 Å². The zero-order valence-corrected chi connectivity index (χ0v) is 15.2. The number of hydrogen-bond acceptors (Lipinski definition) is 5. The Balaban J connectivity index is 2.48. The minimum Gasteiger partial charge on any atom is -0.497 e. The van der Waals surface area contributed by atoms with Gasteiger partial charge in [0.25, 0.3) is 11.8 Å². The van der Waals surface area contributed by atoms with E-state index in [1.54, 1.807) is 6.07 Å². The molecule has 0 fully saturated rings. The smallest absolute Gasteiger partial charge is 0.322 e. The molecule has 0 bridgehead atoms. The lowest BCUT2D eigenvalue weighted by atomic mass is 10.1. The molecular formula is C18H16ClFN2O5. The number of carbonyl (C=O) groups is 3. The van der Waals surface area contributed by atoms with Gasteiger partial charge in [0.15, 0.2) is 0 Å². The van der Waals surface area contributed by atoms with E-state index in [1.165, 1.54) is 44.4 Å². The molecular weight excluding hydrogens is 379 g/mol. The van der Waals surface area contributed by atoms with Gasteiger partial charge in [0.1, 0.15) is 17.6 Å². The van der Waals surface area contributed by atoms with E-state index in [-0.39, 0.29) is 10.6 Å². The molecule has 27 heavy (non-hydrogen) atoms. The topological polar surface area (TPSA) is 95.9 Å². The van der Waals surface area contributed by atoms with Crippen molar-refractivity contribution >= 4 is 29.4 Å². The molecule has 2 amide bonds. The van der Waals surface area contributed by atoms with Crippen LogP contribution in [-0.4, -0.2) is 41.1 Å². The maximum Gasteiger partial charge on any atom is 0.322 e. The van der Waals surface area contributed by atoms with E-state index in [0.29, 0.717) is 10.8 Å². The van der Waals surface area contributed by atoms with E-state index in [1.807, 2.05) is 0 Å². The second-order valence-corrected chi connectivity index (χ2v) is 5.87. The van der Waals surface area contributed by atoms with Crippen molar-refractivity contribution in [3.63, 3.8) is 0 Å². The van der Waals surface area contributed by atoms with Gasteiger partial charge in [-0.2, -0.15) is 0 Å². The molecule has 0 aliphatic heterocycles.